The van der Waals surface area contributed by atoms with Crippen LogP contribution in [-0.2, 0) is 28.0 Å². The standard InChI is InChI=1S/C35H41N3O4/c1-3-41-29-16-12-13-26(21-29)24-42-33(40)38-34(2,22-27-23-36-31-18-9-8-17-30(27)31)32(39)37-25-35(19-10-5-11-20-35)28-14-6-4-7-15-28/h4,6-9,12-18,21,23,36H,3,5,10-11,19-20,22,24-25H2,1-2H3,(H,37,39)(H,38,40). The first kappa shape index (κ1) is 29.2. The van der Waals surface area contributed by atoms with Crippen molar-refractivity contribution in [1.29, 1.82) is 0 Å². The van der Waals surface area contributed by atoms with Crippen molar-refractivity contribution >= 4 is 22.9 Å². The molecule has 0 spiro atoms. The van der Waals surface area contributed by atoms with Gasteiger partial charge in [0, 0.05) is 35.5 Å². The van der Waals surface area contributed by atoms with Gasteiger partial charge in [0.2, 0.25) is 5.91 Å². The number of nitrogens with one attached hydrogen (secondary N) is 3. The second-order valence-corrected chi connectivity index (χ2v) is 11.5. The van der Waals surface area contributed by atoms with Gasteiger partial charge in [-0.1, -0.05) is 79.9 Å². The molecule has 42 heavy (non-hydrogen) atoms. The first-order valence-electron chi connectivity index (χ1n) is 15.0. The van der Waals surface area contributed by atoms with Crippen LogP contribution in [0, 0.1) is 0 Å². The summed E-state index contributed by atoms with van der Waals surface area (Å²) < 4.78 is 11.2. The van der Waals surface area contributed by atoms with E-state index in [1.165, 1.54) is 12.0 Å². The average molecular weight is 568 g/mol. The van der Waals surface area contributed by atoms with E-state index in [-0.39, 0.29) is 17.9 Å². The summed E-state index contributed by atoms with van der Waals surface area (Å²) in [5.41, 5.74) is 2.62. The van der Waals surface area contributed by atoms with E-state index >= 15 is 0 Å². The van der Waals surface area contributed by atoms with Crippen molar-refractivity contribution in [2.75, 3.05) is 13.2 Å². The van der Waals surface area contributed by atoms with Crippen LogP contribution in [0.25, 0.3) is 10.9 Å². The van der Waals surface area contributed by atoms with Crippen molar-refractivity contribution < 1.29 is 19.1 Å². The number of aromatic amines is 1. The van der Waals surface area contributed by atoms with E-state index < -0.39 is 11.6 Å². The number of para-hydroxylation sites is 1. The summed E-state index contributed by atoms with van der Waals surface area (Å²) >= 11 is 0. The van der Waals surface area contributed by atoms with Crippen molar-refractivity contribution in [1.82, 2.24) is 15.6 Å². The topological polar surface area (TPSA) is 92.5 Å². The molecule has 3 aromatic carbocycles. The predicted molar refractivity (Wildman–Crippen MR) is 166 cm³/mol. The molecule has 220 valence electrons. The Morgan fingerprint density at radius 1 is 0.952 bits per heavy atom. The molecule has 3 N–H and O–H groups in total. The molecule has 1 aromatic heterocycles. The lowest BCUT2D eigenvalue weighted by Crippen LogP contribution is -2.59. The van der Waals surface area contributed by atoms with E-state index in [9.17, 15) is 9.59 Å². The second kappa shape index (κ2) is 13.1. The SMILES string of the molecule is CCOc1cccc(COC(=O)NC(C)(Cc2c[nH]c3ccccc23)C(=O)NCC2(c3ccccc3)CCCCC2)c1. The van der Waals surface area contributed by atoms with Crippen molar-refractivity contribution in [2.24, 2.45) is 0 Å². The van der Waals surface area contributed by atoms with Crippen molar-refractivity contribution in [3.63, 3.8) is 0 Å². The monoisotopic (exact) mass is 567 g/mol. The summed E-state index contributed by atoms with van der Waals surface area (Å²) in [5, 5.41) is 7.21. The Morgan fingerprint density at radius 3 is 2.50 bits per heavy atom. The second-order valence-electron chi connectivity index (χ2n) is 11.5. The smallest absolute Gasteiger partial charge is 0.408 e. The largest absolute Gasteiger partial charge is 0.494 e. The Bertz CT molecular complexity index is 1490. The molecule has 4 aromatic rings. The Kier molecular flexibility index (Phi) is 9.15. The number of benzene rings is 3. The van der Waals surface area contributed by atoms with Gasteiger partial charge in [-0.3, -0.25) is 4.79 Å². The number of amides is 2. The van der Waals surface area contributed by atoms with E-state index in [0.717, 1.165) is 53.5 Å². The lowest BCUT2D eigenvalue weighted by Gasteiger charge is -2.39. The van der Waals surface area contributed by atoms with E-state index in [4.69, 9.17) is 9.47 Å². The fourth-order valence-corrected chi connectivity index (χ4v) is 6.17. The number of fused-ring (bicyclic) bond motifs is 1. The van der Waals surface area contributed by atoms with Gasteiger partial charge in [0.25, 0.3) is 0 Å². The van der Waals surface area contributed by atoms with Gasteiger partial charge in [-0.25, -0.2) is 4.79 Å². The fourth-order valence-electron chi connectivity index (χ4n) is 6.17. The third-order valence-electron chi connectivity index (χ3n) is 8.46. The zero-order valence-corrected chi connectivity index (χ0v) is 24.6. The Hall–Kier alpha value is -4.26. The molecule has 1 aliphatic rings. The number of alkyl carbamates (subject to hydrolysis) is 1. The molecular formula is C35H41N3O4. The maximum atomic E-state index is 14.1. The predicted octanol–water partition coefficient (Wildman–Crippen LogP) is 6.81. The molecule has 1 heterocycles. The number of aromatic nitrogens is 1. The minimum atomic E-state index is -1.25. The van der Waals surface area contributed by atoms with Gasteiger partial charge < -0.3 is 25.1 Å². The molecule has 1 aliphatic carbocycles. The minimum Gasteiger partial charge on any atom is -0.494 e. The Labute approximate surface area is 248 Å². The summed E-state index contributed by atoms with van der Waals surface area (Å²) in [6.45, 7) is 4.83. The summed E-state index contributed by atoms with van der Waals surface area (Å²) in [5.74, 6) is 0.488. The summed E-state index contributed by atoms with van der Waals surface area (Å²) in [6.07, 6.45) is 7.08. The van der Waals surface area contributed by atoms with E-state index in [1.54, 1.807) is 6.92 Å². The molecule has 0 aliphatic heterocycles. The van der Waals surface area contributed by atoms with Crippen LogP contribution in [0.5, 0.6) is 5.75 Å². The van der Waals surface area contributed by atoms with Crippen LogP contribution in [0.4, 0.5) is 4.79 Å². The molecule has 1 atom stereocenters. The highest BCUT2D eigenvalue weighted by atomic mass is 16.5. The van der Waals surface area contributed by atoms with Crippen LogP contribution >= 0.6 is 0 Å². The van der Waals surface area contributed by atoms with Gasteiger partial charge >= 0.3 is 6.09 Å². The molecule has 1 fully saturated rings. The number of carbonyl (C=O) groups excluding carboxylic acids is 2. The number of carbonyl (C=O) groups is 2. The first-order valence-corrected chi connectivity index (χ1v) is 15.0. The normalized spacial score (nSPS) is 15.9. The number of H-pyrrole nitrogens is 1. The first-order chi connectivity index (χ1) is 20.4. The van der Waals surface area contributed by atoms with E-state index in [1.807, 2.05) is 67.7 Å². The highest BCUT2D eigenvalue weighted by Gasteiger charge is 2.40. The number of rotatable bonds is 11. The summed E-state index contributed by atoms with van der Waals surface area (Å²) in [7, 11) is 0. The average Bonchev–Trinajstić information content (AvgIpc) is 3.42. The van der Waals surface area contributed by atoms with Crippen LogP contribution < -0.4 is 15.4 Å². The Balaban J connectivity index is 1.34. The van der Waals surface area contributed by atoms with Crippen LogP contribution in [0.1, 0.15) is 62.6 Å². The lowest BCUT2D eigenvalue weighted by atomic mass is 9.69. The number of hydrogen-bond acceptors (Lipinski definition) is 4. The van der Waals surface area contributed by atoms with Gasteiger partial charge in [0.15, 0.2) is 0 Å². The molecule has 7 heteroatoms. The van der Waals surface area contributed by atoms with Gasteiger partial charge in [0.05, 0.1) is 6.61 Å². The summed E-state index contributed by atoms with van der Waals surface area (Å²) in [6, 6.07) is 25.9. The van der Waals surface area contributed by atoms with Crippen LogP contribution in [0.15, 0.2) is 85.1 Å². The fraction of sp³-hybridized carbons (Fsp3) is 0.371. The quantitative estimate of drug-likeness (QED) is 0.186. The molecule has 0 saturated heterocycles. The van der Waals surface area contributed by atoms with Crippen molar-refractivity contribution in [3.8, 4) is 5.75 Å². The van der Waals surface area contributed by atoms with Crippen molar-refractivity contribution in [3.05, 3.63) is 102 Å². The van der Waals surface area contributed by atoms with Crippen LogP contribution in [0.3, 0.4) is 0 Å². The molecule has 2 amide bonds. The number of ether oxygens (including phenoxy) is 2. The zero-order valence-electron chi connectivity index (χ0n) is 24.6. The molecule has 5 rings (SSSR count). The zero-order chi connectivity index (χ0) is 29.4. The third-order valence-corrected chi connectivity index (χ3v) is 8.46. The van der Waals surface area contributed by atoms with E-state index in [2.05, 4.69) is 39.9 Å². The molecular weight excluding hydrogens is 526 g/mol. The molecule has 7 nitrogen and oxygen atoms in total. The Morgan fingerprint density at radius 2 is 1.71 bits per heavy atom. The highest BCUT2D eigenvalue weighted by Crippen LogP contribution is 2.39. The van der Waals surface area contributed by atoms with Gasteiger partial charge in [-0.2, -0.15) is 0 Å². The maximum absolute atomic E-state index is 14.1. The van der Waals surface area contributed by atoms with E-state index in [0.29, 0.717) is 19.6 Å². The molecule has 1 saturated carbocycles. The van der Waals surface area contributed by atoms with Crippen LogP contribution in [0.2, 0.25) is 0 Å². The van der Waals surface area contributed by atoms with Crippen LogP contribution in [-0.4, -0.2) is 35.7 Å². The maximum Gasteiger partial charge on any atom is 0.408 e. The minimum absolute atomic E-state index is 0.0641. The van der Waals surface area contributed by atoms with Gasteiger partial charge in [-0.15, -0.1) is 0 Å². The lowest BCUT2D eigenvalue weighted by molar-refractivity contribution is -0.127. The highest BCUT2D eigenvalue weighted by molar-refractivity contribution is 5.91. The van der Waals surface area contributed by atoms with Crippen molar-refractivity contribution in [2.45, 2.75) is 69.9 Å². The third kappa shape index (κ3) is 6.78. The molecule has 1 unspecified atom stereocenters. The molecule has 0 bridgehead atoms. The van der Waals surface area contributed by atoms with Gasteiger partial charge in [-0.05, 0) is 61.6 Å². The number of hydrogen-bond donors (Lipinski definition) is 3. The summed E-state index contributed by atoms with van der Waals surface area (Å²) in [4.78, 5) is 30.5. The molecule has 0 radical (unpaired) electrons. The van der Waals surface area contributed by atoms with Gasteiger partial charge in [0.1, 0.15) is 17.9 Å².